The number of hydrogen-bond acceptors (Lipinski definition) is 4. The summed E-state index contributed by atoms with van der Waals surface area (Å²) >= 11 is 0. The molecular formula is C10H17Cl2N3O2. The highest BCUT2D eigenvalue weighted by atomic mass is 35.5. The van der Waals surface area contributed by atoms with Gasteiger partial charge in [0.25, 0.3) is 5.91 Å². The number of rotatable bonds is 4. The zero-order valence-electron chi connectivity index (χ0n) is 9.70. The summed E-state index contributed by atoms with van der Waals surface area (Å²) in [6, 6.07) is 3.10. The number of carbonyl (C=O) groups is 1. The van der Waals surface area contributed by atoms with Crippen LogP contribution in [0.2, 0.25) is 0 Å². The van der Waals surface area contributed by atoms with Gasteiger partial charge in [0.1, 0.15) is 0 Å². The van der Waals surface area contributed by atoms with Crippen molar-refractivity contribution in [2.75, 3.05) is 14.2 Å². The van der Waals surface area contributed by atoms with E-state index < -0.39 is 6.04 Å². The Morgan fingerprint density at radius 2 is 2.24 bits per heavy atom. The number of nitrogens with two attached hydrogens (primary N) is 1. The molecule has 1 aromatic rings. The molecule has 0 fully saturated rings. The summed E-state index contributed by atoms with van der Waals surface area (Å²) in [6.07, 6.45) is 3.83. The summed E-state index contributed by atoms with van der Waals surface area (Å²) in [5.41, 5.74) is 6.66. The van der Waals surface area contributed by atoms with Gasteiger partial charge in [-0.05, 0) is 18.1 Å². The molecule has 1 amide bonds. The van der Waals surface area contributed by atoms with Crippen LogP contribution in [0.1, 0.15) is 5.56 Å². The van der Waals surface area contributed by atoms with Gasteiger partial charge in [-0.1, -0.05) is 6.07 Å². The second kappa shape index (κ2) is 9.18. The molecule has 17 heavy (non-hydrogen) atoms. The Labute approximate surface area is 113 Å². The van der Waals surface area contributed by atoms with Crippen molar-refractivity contribution in [2.24, 2.45) is 5.73 Å². The number of amides is 1. The Morgan fingerprint density at radius 1 is 1.59 bits per heavy atom. The molecule has 1 unspecified atom stereocenters. The molecule has 0 spiro atoms. The quantitative estimate of drug-likeness (QED) is 0.830. The Kier molecular flexibility index (Phi) is 9.98. The number of hydroxylamine groups is 2. The molecule has 5 nitrogen and oxygen atoms in total. The number of nitrogens with zero attached hydrogens (tertiary/aromatic N) is 2. The fourth-order valence-corrected chi connectivity index (χ4v) is 1.18. The van der Waals surface area contributed by atoms with Crippen molar-refractivity contribution in [2.45, 2.75) is 12.5 Å². The van der Waals surface area contributed by atoms with E-state index in [1.54, 1.807) is 12.4 Å². The van der Waals surface area contributed by atoms with Crippen LogP contribution in [-0.4, -0.2) is 36.2 Å². The van der Waals surface area contributed by atoms with Crippen LogP contribution in [0.5, 0.6) is 0 Å². The number of likely N-dealkylation sites (N-methyl/N-ethyl adjacent to an activating group) is 1. The van der Waals surface area contributed by atoms with Gasteiger partial charge in [0.15, 0.2) is 0 Å². The zero-order valence-corrected chi connectivity index (χ0v) is 11.3. The third-order valence-corrected chi connectivity index (χ3v) is 2.08. The molecule has 1 rings (SSSR count). The van der Waals surface area contributed by atoms with E-state index in [1.807, 2.05) is 12.1 Å². The number of halogens is 2. The van der Waals surface area contributed by atoms with E-state index in [2.05, 4.69) is 4.98 Å². The summed E-state index contributed by atoms with van der Waals surface area (Å²) in [7, 11) is 2.96. The van der Waals surface area contributed by atoms with Gasteiger partial charge in [-0.25, -0.2) is 5.06 Å². The molecule has 0 bridgehead atoms. The monoisotopic (exact) mass is 281 g/mol. The van der Waals surface area contributed by atoms with Gasteiger partial charge < -0.3 is 5.73 Å². The molecule has 2 N–H and O–H groups in total. The van der Waals surface area contributed by atoms with Gasteiger partial charge in [0.05, 0.1) is 13.2 Å². The van der Waals surface area contributed by atoms with Crippen LogP contribution in [0.4, 0.5) is 0 Å². The van der Waals surface area contributed by atoms with Crippen LogP contribution in [0.15, 0.2) is 24.5 Å². The average molecular weight is 282 g/mol. The topological polar surface area (TPSA) is 68.5 Å². The molecule has 1 atom stereocenters. The molecule has 0 saturated heterocycles. The third-order valence-electron chi connectivity index (χ3n) is 2.08. The summed E-state index contributed by atoms with van der Waals surface area (Å²) in [6.45, 7) is 0. The maximum atomic E-state index is 11.5. The highest BCUT2D eigenvalue weighted by Gasteiger charge is 2.18. The minimum atomic E-state index is -0.598. The molecule has 0 aromatic carbocycles. The number of hydrogen-bond donors (Lipinski definition) is 1. The number of pyridine rings is 1. The van der Waals surface area contributed by atoms with Gasteiger partial charge >= 0.3 is 0 Å². The molecule has 7 heteroatoms. The molecule has 0 saturated carbocycles. The molecule has 0 aliphatic heterocycles. The van der Waals surface area contributed by atoms with Gasteiger partial charge in [-0.2, -0.15) is 0 Å². The zero-order chi connectivity index (χ0) is 11.3. The lowest BCUT2D eigenvalue weighted by atomic mass is 10.1. The standard InChI is InChI=1S/C10H15N3O2.2ClH/c1-13(15-2)10(14)9(11)6-8-4-3-5-12-7-8;;/h3-5,7,9H,6,11H2,1-2H3;2*1H. The van der Waals surface area contributed by atoms with Gasteiger partial charge in [0.2, 0.25) is 0 Å². The average Bonchev–Trinajstić information content (AvgIpc) is 2.28. The molecule has 1 aromatic heterocycles. The van der Waals surface area contributed by atoms with Crippen molar-refractivity contribution in [1.29, 1.82) is 0 Å². The van der Waals surface area contributed by atoms with E-state index in [1.165, 1.54) is 14.2 Å². The van der Waals surface area contributed by atoms with Gasteiger partial charge in [0, 0.05) is 19.4 Å². The van der Waals surface area contributed by atoms with E-state index in [-0.39, 0.29) is 30.7 Å². The Balaban J connectivity index is 0. The first-order valence-corrected chi connectivity index (χ1v) is 4.61. The van der Waals surface area contributed by atoms with Crippen molar-refractivity contribution in [3.63, 3.8) is 0 Å². The second-order valence-corrected chi connectivity index (χ2v) is 3.19. The lowest BCUT2D eigenvalue weighted by molar-refractivity contribution is -0.170. The Hall–Kier alpha value is -0.880. The summed E-state index contributed by atoms with van der Waals surface area (Å²) in [5, 5.41) is 1.13. The predicted octanol–water partition coefficient (Wildman–Crippen LogP) is 0.815. The second-order valence-electron chi connectivity index (χ2n) is 3.19. The molecule has 0 aliphatic carbocycles. The van der Waals surface area contributed by atoms with E-state index >= 15 is 0 Å². The van der Waals surface area contributed by atoms with Crippen molar-refractivity contribution in [3.05, 3.63) is 30.1 Å². The molecule has 98 valence electrons. The predicted molar refractivity (Wildman–Crippen MR) is 70.2 cm³/mol. The lowest BCUT2D eigenvalue weighted by Gasteiger charge is -2.18. The maximum absolute atomic E-state index is 11.5. The molecule has 1 heterocycles. The van der Waals surface area contributed by atoms with Crippen LogP contribution in [0.3, 0.4) is 0 Å². The van der Waals surface area contributed by atoms with Crippen LogP contribution in [0, 0.1) is 0 Å². The summed E-state index contributed by atoms with van der Waals surface area (Å²) < 4.78 is 0. The van der Waals surface area contributed by atoms with Crippen molar-refractivity contribution in [1.82, 2.24) is 10.0 Å². The fourth-order valence-electron chi connectivity index (χ4n) is 1.18. The first kappa shape index (κ1) is 18.5. The van der Waals surface area contributed by atoms with E-state index in [0.717, 1.165) is 10.6 Å². The molecule has 0 radical (unpaired) electrons. The van der Waals surface area contributed by atoms with Crippen LogP contribution < -0.4 is 5.73 Å². The van der Waals surface area contributed by atoms with Crippen molar-refractivity contribution in [3.8, 4) is 0 Å². The summed E-state index contributed by atoms with van der Waals surface area (Å²) in [5.74, 6) is -0.249. The first-order chi connectivity index (χ1) is 7.15. The van der Waals surface area contributed by atoms with Crippen LogP contribution in [0.25, 0.3) is 0 Å². The minimum absolute atomic E-state index is 0. The van der Waals surface area contributed by atoms with Crippen molar-refractivity contribution >= 4 is 30.7 Å². The maximum Gasteiger partial charge on any atom is 0.263 e. The SMILES string of the molecule is CON(C)C(=O)C(N)Cc1cccnc1.Cl.Cl. The van der Waals surface area contributed by atoms with Gasteiger partial charge in [-0.15, -0.1) is 24.8 Å². The van der Waals surface area contributed by atoms with Crippen LogP contribution in [-0.2, 0) is 16.1 Å². The Morgan fingerprint density at radius 3 is 2.71 bits per heavy atom. The fraction of sp³-hybridized carbons (Fsp3) is 0.400. The summed E-state index contributed by atoms with van der Waals surface area (Å²) in [4.78, 5) is 20.2. The normalized spacial score (nSPS) is 10.8. The highest BCUT2D eigenvalue weighted by molar-refractivity contribution is 5.85. The first-order valence-electron chi connectivity index (χ1n) is 4.61. The van der Waals surface area contributed by atoms with Gasteiger partial charge in [-0.3, -0.25) is 14.6 Å². The van der Waals surface area contributed by atoms with E-state index in [0.29, 0.717) is 6.42 Å². The number of carbonyl (C=O) groups excluding carboxylic acids is 1. The number of aromatic nitrogens is 1. The Bertz CT molecular complexity index is 325. The smallest absolute Gasteiger partial charge is 0.263 e. The highest BCUT2D eigenvalue weighted by Crippen LogP contribution is 2.01. The largest absolute Gasteiger partial charge is 0.320 e. The molecule has 0 aliphatic rings. The van der Waals surface area contributed by atoms with E-state index in [4.69, 9.17) is 10.6 Å². The molecular weight excluding hydrogens is 265 g/mol. The third kappa shape index (κ3) is 5.83. The minimum Gasteiger partial charge on any atom is -0.320 e. The lowest BCUT2D eigenvalue weighted by Crippen LogP contribution is -2.42. The van der Waals surface area contributed by atoms with E-state index in [9.17, 15) is 4.79 Å². The van der Waals surface area contributed by atoms with Crippen molar-refractivity contribution < 1.29 is 9.63 Å². The van der Waals surface area contributed by atoms with Crippen LogP contribution >= 0.6 is 24.8 Å².